The number of aromatic amines is 1. The van der Waals surface area contributed by atoms with Gasteiger partial charge in [-0.1, -0.05) is 43.1 Å². The number of aromatic nitrogens is 2. The summed E-state index contributed by atoms with van der Waals surface area (Å²) in [5, 5.41) is 0.876. The van der Waals surface area contributed by atoms with E-state index in [4.69, 9.17) is 28.2 Å². The summed E-state index contributed by atoms with van der Waals surface area (Å²) in [7, 11) is 0. The molecule has 1 aromatic carbocycles. The highest BCUT2D eigenvalue weighted by molar-refractivity contribution is 6.42. The number of piperidine rings is 1. The van der Waals surface area contributed by atoms with Gasteiger partial charge in [0.05, 0.1) is 10.0 Å². The highest BCUT2D eigenvalue weighted by Gasteiger charge is 2.31. The van der Waals surface area contributed by atoms with E-state index in [0.717, 1.165) is 43.7 Å². The standard InChI is InChI=1S/C26H29Cl2N3O/c1-17(2)24-6-3-5-20(30-24)16-21(25-7-4-12-29-25)18-10-13-31(14-11-18)26(32)19-8-9-22(27)23(28)15-19/h3-9,12,15,17-18,21,29H,10-11,13-14,16H2,1-2H3. The summed E-state index contributed by atoms with van der Waals surface area (Å²) in [6, 6.07) is 15.7. The predicted octanol–water partition coefficient (Wildman–Crippen LogP) is 6.72. The second kappa shape index (κ2) is 10.1. The number of hydrogen-bond donors (Lipinski definition) is 1. The Hall–Kier alpha value is -2.30. The van der Waals surface area contributed by atoms with E-state index in [1.54, 1.807) is 18.2 Å². The molecule has 1 amide bonds. The Kier molecular flexibility index (Phi) is 7.22. The van der Waals surface area contributed by atoms with Gasteiger partial charge in [0.2, 0.25) is 0 Å². The second-order valence-corrected chi connectivity index (χ2v) is 9.72. The average molecular weight is 470 g/mol. The van der Waals surface area contributed by atoms with Crippen LogP contribution in [0.2, 0.25) is 10.0 Å². The van der Waals surface area contributed by atoms with E-state index in [2.05, 4.69) is 49.2 Å². The zero-order valence-electron chi connectivity index (χ0n) is 18.5. The zero-order valence-corrected chi connectivity index (χ0v) is 20.0. The molecule has 0 spiro atoms. The molecule has 4 rings (SSSR count). The number of hydrogen-bond acceptors (Lipinski definition) is 2. The van der Waals surface area contributed by atoms with E-state index in [-0.39, 0.29) is 5.91 Å². The Morgan fingerprint density at radius 3 is 2.53 bits per heavy atom. The van der Waals surface area contributed by atoms with Crippen LogP contribution in [0.5, 0.6) is 0 Å². The maximum atomic E-state index is 13.0. The van der Waals surface area contributed by atoms with Crippen LogP contribution in [-0.4, -0.2) is 33.9 Å². The Bertz CT molecular complexity index is 1060. The predicted molar refractivity (Wildman–Crippen MR) is 131 cm³/mol. The highest BCUT2D eigenvalue weighted by atomic mass is 35.5. The lowest BCUT2D eigenvalue weighted by Gasteiger charge is -2.36. The van der Waals surface area contributed by atoms with E-state index in [1.807, 2.05) is 11.1 Å². The summed E-state index contributed by atoms with van der Waals surface area (Å²) in [4.78, 5) is 23.2. The van der Waals surface area contributed by atoms with E-state index in [1.165, 1.54) is 5.69 Å². The minimum Gasteiger partial charge on any atom is -0.365 e. The first-order valence-electron chi connectivity index (χ1n) is 11.3. The van der Waals surface area contributed by atoms with Gasteiger partial charge in [0.1, 0.15) is 0 Å². The van der Waals surface area contributed by atoms with Crippen molar-refractivity contribution in [3.8, 4) is 0 Å². The molecule has 0 aliphatic carbocycles. The molecule has 1 N–H and O–H groups in total. The molecule has 1 aliphatic rings. The summed E-state index contributed by atoms with van der Waals surface area (Å²) in [6.07, 6.45) is 4.80. The molecule has 1 unspecified atom stereocenters. The molecule has 0 saturated carbocycles. The number of nitrogens with zero attached hydrogens (tertiary/aromatic N) is 2. The van der Waals surface area contributed by atoms with Crippen molar-refractivity contribution >= 4 is 29.1 Å². The number of rotatable bonds is 6. The summed E-state index contributed by atoms with van der Waals surface area (Å²) in [5.41, 5.74) is 4.10. The van der Waals surface area contributed by atoms with Gasteiger partial charge < -0.3 is 9.88 Å². The highest BCUT2D eigenvalue weighted by Crippen LogP contribution is 2.35. The number of nitrogens with one attached hydrogen (secondary N) is 1. The third kappa shape index (κ3) is 5.19. The van der Waals surface area contributed by atoms with Gasteiger partial charge in [-0.3, -0.25) is 9.78 Å². The van der Waals surface area contributed by atoms with Crippen LogP contribution in [0.3, 0.4) is 0 Å². The Morgan fingerprint density at radius 1 is 1.09 bits per heavy atom. The Labute approximate surface area is 200 Å². The molecule has 1 aliphatic heterocycles. The number of pyridine rings is 1. The van der Waals surface area contributed by atoms with Crippen molar-refractivity contribution in [2.24, 2.45) is 5.92 Å². The topological polar surface area (TPSA) is 49.0 Å². The van der Waals surface area contributed by atoms with Crippen molar-refractivity contribution < 1.29 is 4.79 Å². The quantitative estimate of drug-likeness (QED) is 0.435. The first kappa shape index (κ1) is 22.9. The van der Waals surface area contributed by atoms with Crippen molar-refractivity contribution in [2.75, 3.05) is 13.1 Å². The van der Waals surface area contributed by atoms with Crippen molar-refractivity contribution in [2.45, 2.75) is 44.9 Å². The third-order valence-electron chi connectivity index (χ3n) is 6.43. The summed E-state index contributed by atoms with van der Waals surface area (Å²) >= 11 is 12.1. The maximum absolute atomic E-state index is 13.0. The number of likely N-dealkylation sites (tertiary alicyclic amines) is 1. The molecule has 2 aromatic heterocycles. The molecule has 4 nitrogen and oxygen atoms in total. The molecule has 1 fully saturated rings. The fourth-order valence-electron chi connectivity index (χ4n) is 4.58. The van der Waals surface area contributed by atoms with Crippen molar-refractivity contribution in [1.82, 2.24) is 14.9 Å². The molecule has 6 heteroatoms. The van der Waals surface area contributed by atoms with Gasteiger partial charge in [0.15, 0.2) is 0 Å². The number of carbonyl (C=O) groups is 1. The fourth-order valence-corrected chi connectivity index (χ4v) is 4.88. The van der Waals surface area contributed by atoms with Crippen LogP contribution in [0.15, 0.2) is 54.7 Å². The van der Waals surface area contributed by atoms with Crippen molar-refractivity contribution in [3.05, 3.63) is 87.4 Å². The molecule has 32 heavy (non-hydrogen) atoms. The number of benzene rings is 1. The lowest BCUT2D eigenvalue weighted by Crippen LogP contribution is -2.40. The molecule has 168 valence electrons. The Morgan fingerprint density at radius 2 is 1.88 bits per heavy atom. The molecule has 0 bridgehead atoms. The summed E-state index contributed by atoms with van der Waals surface area (Å²) in [6.45, 7) is 5.82. The number of amides is 1. The van der Waals surface area contributed by atoms with Gasteiger partial charge in [0, 0.05) is 47.8 Å². The molecule has 3 aromatic rings. The first-order chi connectivity index (χ1) is 15.4. The average Bonchev–Trinajstić information content (AvgIpc) is 3.34. The molecule has 1 saturated heterocycles. The fraction of sp³-hybridized carbons (Fsp3) is 0.385. The van der Waals surface area contributed by atoms with Gasteiger partial charge in [-0.25, -0.2) is 0 Å². The minimum absolute atomic E-state index is 0.0183. The monoisotopic (exact) mass is 469 g/mol. The second-order valence-electron chi connectivity index (χ2n) is 8.90. The smallest absolute Gasteiger partial charge is 0.253 e. The van der Waals surface area contributed by atoms with Crippen LogP contribution >= 0.6 is 23.2 Å². The maximum Gasteiger partial charge on any atom is 0.253 e. The summed E-state index contributed by atoms with van der Waals surface area (Å²) in [5.74, 6) is 1.26. The molecule has 0 radical (unpaired) electrons. The van der Waals surface area contributed by atoms with Gasteiger partial charge in [-0.15, -0.1) is 0 Å². The van der Waals surface area contributed by atoms with Gasteiger partial charge in [0.25, 0.3) is 5.91 Å². The summed E-state index contributed by atoms with van der Waals surface area (Å²) < 4.78 is 0. The first-order valence-corrected chi connectivity index (χ1v) is 12.0. The number of halogens is 2. The van der Waals surface area contributed by atoms with Crippen LogP contribution in [0.25, 0.3) is 0 Å². The van der Waals surface area contributed by atoms with Crippen LogP contribution in [0.4, 0.5) is 0 Å². The zero-order chi connectivity index (χ0) is 22.7. The molecule has 3 heterocycles. The Balaban J connectivity index is 1.47. The molecular weight excluding hydrogens is 441 g/mol. The van der Waals surface area contributed by atoms with Crippen LogP contribution in [-0.2, 0) is 6.42 Å². The van der Waals surface area contributed by atoms with E-state index < -0.39 is 0 Å². The van der Waals surface area contributed by atoms with E-state index in [9.17, 15) is 4.79 Å². The lowest BCUT2D eigenvalue weighted by atomic mass is 9.79. The third-order valence-corrected chi connectivity index (χ3v) is 7.17. The molecule has 1 atom stereocenters. The van der Waals surface area contributed by atoms with Crippen molar-refractivity contribution in [3.63, 3.8) is 0 Å². The SMILES string of the molecule is CC(C)c1cccc(CC(c2ccc[nH]2)C2CCN(C(=O)c3ccc(Cl)c(Cl)c3)CC2)n1. The van der Waals surface area contributed by atoms with Crippen LogP contribution in [0, 0.1) is 5.92 Å². The van der Waals surface area contributed by atoms with E-state index in [0.29, 0.717) is 33.4 Å². The van der Waals surface area contributed by atoms with Gasteiger partial charge in [-0.05, 0) is 73.6 Å². The number of carbonyl (C=O) groups excluding carboxylic acids is 1. The molecular formula is C26H29Cl2N3O. The van der Waals surface area contributed by atoms with E-state index >= 15 is 0 Å². The normalized spacial score (nSPS) is 15.8. The van der Waals surface area contributed by atoms with Gasteiger partial charge in [-0.2, -0.15) is 0 Å². The van der Waals surface area contributed by atoms with Gasteiger partial charge >= 0.3 is 0 Å². The minimum atomic E-state index is 0.0183. The largest absolute Gasteiger partial charge is 0.365 e. The lowest BCUT2D eigenvalue weighted by molar-refractivity contribution is 0.0676. The van der Waals surface area contributed by atoms with Crippen LogP contribution in [0.1, 0.15) is 66.0 Å². The van der Waals surface area contributed by atoms with Crippen LogP contribution < -0.4 is 0 Å². The number of H-pyrrole nitrogens is 1. The van der Waals surface area contributed by atoms with Crippen molar-refractivity contribution in [1.29, 1.82) is 0 Å².